The molecule has 2 amide bonds. The van der Waals surface area contributed by atoms with E-state index in [0.717, 1.165) is 0 Å². The van der Waals surface area contributed by atoms with Crippen LogP contribution < -0.4 is 15.8 Å². The molecule has 0 saturated heterocycles. The molecule has 144 valence electrons. The van der Waals surface area contributed by atoms with Crippen LogP contribution in [0, 0.1) is 0 Å². The first-order chi connectivity index (χ1) is 12.5. The van der Waals surface area contributed by atoms with Gasteiger partial charge in [-0.05, 0) is 45.0 Å². The quantitative estimate of drug-likeness (QED) is 0.742. The molecule has 6 heteroatoms. The Kier molecular flexibility index (Phi) is 6.10. The zero-order chi connectivity index (χ0) is 20.2. The molecule has 2 rings (SSSR count). The summed E-state index contributed by atoms with van der Waals surface area (Å²) in [6.45, 7) is 12.2. The number of carbonyl (C=O) groups excluding carboxylic acids is 2. The van der Waals surface area contributed by atoms with Gasteiger partial charge in [0, 0.05) is 5.56 Å². The molecule has 0 aliphatic rings. The van der Waals surface area contributed by atoms with Crippen LogP contribution in [0.4, 0.5) is 16.2 Å². The summed E-state index contributed by atoms with van der Waals surface area (Å²) in [6, 6.07) is 14.8. The number of anilines is 2. The van der Waals surface area contributed by atoms with Crippen LogP contribution in [0.25, 0.3) is 0 Å². The zero-order valence-corrected chi connectivity index (χ0v) is 17.8. The van der Waals surface area contributed by atoms with Gasteiger partial charge in [0.2, 0.25) is 0 Å². The van der Waals surface area contributed by atoms with Gasteiger partial charge in [-0.2, -0.15) is 0 Å². The van der Waals surface area contributed by atoms with E-state index in [1.807, 2.05) is 24.3 Å². The molecule has 0 heterocycles. The second kappa shape index (κ2) is 7.96. The van der Waals surface area contributed by atoms with E-state index in [2.05, 4.69) is 30.3 Å². The molecule has 0 aromatic heterocycles. The summed E-state index contributed by atoms with van der Waals surface area (Å²) in [5, 5.41) is 6.84. The Hall–Kier alpha value is -2.60. The molecule has 0 aliphatic heterocycles. The van der Waals surface area contributed by atoms with Gasteiger partial charge < -0.3 is 10.1 Å². The minimum absolute atomic E-state index is 0.226. The van der Waals surface area contributed by atoms with Crippen molar-refractivity contribution in [2.75, 3.05) is 10.6 Å². The number of rotatable bonds is 4. The van der Waals surface area contributed by atoms with Gasteiger partial charge in [-0.3, -0.25) is 10.1 Å². The van der Waals surface area contributed by atoms with Crippen molar-refractivity contribution in [3.63, 3.8) is 0 Å². The Morgan fingerprint density at radius 3 is 1.85 bits per heavy atom. The van der Waals surface area contributed by atoms with Crippen LogP contribution in [0.5, 0.6) is 0 Å². The van der Waals surface area contributed by atoms with Crippen molar-refractivity contribution in [2.24, 2.45) is 0 Å². The van der Waals surface area contributed by atoms with Crippen LogP contribution in [-0.2, 0) is 4.74 Å². The lowest BCUT2D eigenvalue weighted by atomic mass is 10.2. The third kappa shape index (κ3) is 6.25. The molecule has 0 aliphatic carbocycles. The second-order valence-electron chi connectivity index (χ2n) is 8.45. The summed E-state index contributed by atoms with van der Waals surface area (Å²) < 4.78 is 5.27. The maximum Gasteiger partial charge on any atom is 0.412 e. The third-order valence-corrected chi connectivity index (χ3v) is 5.89. The lowest BCUT2D eigenvalue weighted by molar-refractivity contribution is 0.0635. The Morgan fingerprint density at radius 2 is 1.37 bits per heavy atom. The Bertz CT molecular complexity index is 819. The number of carbonyl (C=O) groups is 2. The first-order valence-corrected chi connectivity index (χ1v) is 12.5. The minimum Gasteiger partial charge on any atom is -0.444 e. The van der Waals surface area contributed by atoms with Crippen LogP contribution in [-0.4, -0.2) is 25.7 Å². The molecule has 5 nitrogen and oxygen atoms in total. The van der Waals surface area contributed by atoms with Crippen molar-refractivity contribution in [1.29, 1.82) is 0 Å². The molecule has 0 radical (unpaired) electrons. The van der Waals surface area contributed by atoms with Gasteiger partial charge in [-0.25, -0.2) is 4.79 Å². The normalized spacial score (nSPS) is 11.6. The van der Waals surface area contributed by atoms with Gasteiger partial charge in [0.1, 0.15) is 5.60 Å². The van der Waals surface area contributed by atoms with Gasteiger partial charge in [0.25, 0.3) is 5.91 Å². The number of nitrogens with one attached hydrogen (secondary N) is 2. The largest absolute Gasteiger partial charge is 0.444 e. The van der Waals surface area contributed by atoms with E-state index in [0.29, 0.717) is 16.9 Å². The monoisotopic (exact) mass is 384 g/mol. The molecule has 0 atom stereocenters. The standard InChI is InChI=1S/C21H28N2O3Si/c1-21(2,3)26-20(25)23-18-10-8-7-9-17(18)22-19(24)15-11-13-16(14-12-15)27(4,5)6/h7-14H,1-6H3,(H,22,24)(H,23,25). The van der Waals surface area contributed by atoms with Crippen molar-refractivity contribution in [1.82, 2.24) is 0 Å². The molecule has 0 saturated carbocycles. The second-order valence-corrected chi connectivity index (χ2v) is 13.5. The summed E-state index contributed by atoms with van der Waals surface area (Å²) in [7, 11) is -1.41. The average molecular weight is 385 g/mol. The van der Waals surface area contributed by atoms with E-state index >= 15 is 0 Å². The highest BCUT2D eigenvalue weighted by Crippen LogP contribution is 2.22. The van der Waals surface area contributed by atoms with Gasteiger partial charge in [0.15, 0.2) is 0 Å². The number of para-hydroxylation sites is 2. The lowest BCUT2D eigenvalue weighted by Gasteiger charge is -2.20. The summed E-state index contributed by atoms with van der Waals surface area (Å²) in [6.07, 6.45) is -0.566. The fourth-order valence-corrected chi connectivity index (χ4v) is 3.60. The van der Waals surface area contributed by atoms with Gasteiger partial charge in [-0.15, -0.1) is 0 Å². The molecule has 2 aromatic carbocycles. The summed E-state index contributed by atoms with van der Waals surface area (Å²) in [4.78, 5) is 24.6. The van der Waals surface area contributed by atoms with Gasteiger partial charge >= 0.3 is 6.09 Å². The molecule has 0 bridgehead atoms. The first-order valence-electron chi connectivity index (χ1n) is 8.97. The Balaban J connectivity index is 2.13. The highest BCUT2D eigenvalue weighted by molar-refractivity contribution is 6.88. The highest BCUT2D eigenvalue weighted by Gasteiger charge is 2.19. The number of ether oxygens (including phenoxy) is 1. The molecular formula is C21H28N2O3Si. The number of benzene rings is 2. The zero-order valence-electron chi connectivity index (χ0n) is 16.8. The SMILES string of the molecule is CC(C)(C)OC(=O)Nc1ccccc1NC(=O)c1ccc([Si](C)(C)C)cc1. The Morgan fingerprint density at radius 1 is 0.852 bits per heavy atom. The van der Waals surface area contributed by atoms with Crippen LogP contribution in [0.2, 0.25) is 19.6 Å². The van der Waals surface area contributed by atoms with Crippen molar-refractivity contribution in [2.45, 2.75) is 46.0 Å². The molecule has 0 spiro atoms. The van der Waals surface area contributed by atoms with Crippen LogP contribution in [0.15, 0.2) is 48.5 Å². The Labute approximate surface area is 162 Å². The first kappa shape index (κ1) is 20.7. The van der Waals surface area contributed by atoms with Crippen molar-refractivity contribution in [3.05, 3.63) is 54.1 Å². The van der Waals surface area contributed by atoms with Gasteiger partial charge in [0.05, 0.1) is 19.4 Å². The van der Waals surface area contributed by atoms with Crippen molar-refractivity contribution >= 4 is 36.6 Å². The van der Waals surface area contributed by atoms with Crippen LogP contribution >= 0.6 is 0 Å². The lowest BCUT2D eigenvalue weighted by Crippen LogP contribution is -2.37. The fourth-order valence-electron chi connectivity index (χ4n) is 2.43. The number of hydrogen-bond donors (Lipinski definition) is 2. The van der Waals surface area contributed by atoms with E-state index in [1.165, 1.54) is 5.19 Å². The number of amides is 2. The fraction of sp³-hybridized carbons (Fsp3) is 0.333. The smallest absolute Gasteiger partial charge is 0.412 e. The summed E-state index contributed by atoms with van der Waals surface area (Å²) in [5.41, 5.74) is 0.978. The molecule has 0 fully saturated rings. The predicted octanol–water partition coefficient (Wildman–Crippen LogP) is 4.83. The van der Waals surface area contributed by atoms with Crippen molar-refractivity contribution < 1.29 is 14.3 Å². The van der Waals surface area contributed by atoms with Crippen LogP contribution in [0.3, 0.4) is 0 Å². The van der Waals surface area contributed by atoms with E-state index in [1.54, 1.807) is 45.0 Å². The maximum absolute atomic E-state index is 12.6. The van der Waals surface area contributed by atoms with Gasteiger partial charge in [-0.1, -0.05) is 49.1 Å². The predicted molar refractivity (Wildman–Crippen MR) is 114 cm³/mol. The topological polar surface area (TPSA) is 67.4 Å². The third-order valence-electron chi connectivity index (χ3n) is 3.82. The molecule has 2 N–H and O–H groups in total. The average Bonchev–Trinajstić information content (AvgIpc) is 2.54. The van der Waals surface area contributed by atoms with Crippen molar-refractivity contribution in [3.8, 4) is 0 Å². The van der Waals surface area contributed by atoms with E-state index < -0.39 is 19.8 Å². The van der Waals surface area contributed by atoms with E-state index in [-0.39, 0.29) is 5.91 Å². The minimum atomic E-state index is -1.41. The highest BCUT2D eigenvalue weighted by atomic mass is 28.3. The van der Waals surface area contributed by atoms with E-state index in [4.69, 9.17) is 4.74 Å². The van der Waals surface area contributed by atoms with E-state index in [9.17, 15) is 9.59 Å². The molecule has 27 heavy (non-hydrogen) atoms. The summed E-state index contributed by atoms with van der Waals surface area (Å²) >= 11 is 0. The molecule has 2 aromatic rings. The number of hydrogen-bond acceptors (Lipinski definition) is 3. The molecular weight excluding hydrogens is 356 g/mol. The maximum atomic E-state index is 12.6. The van der Waals surface area contributed by atoms with Crippen LogP contribution in [0.1, 0.15) is 31.1 Å². The molecule has 0 unspecified atom stereocenters. The summed E-state index contributed by atoms with van der Waals surface area (Å²) in [5.74, 6) is -0.226.